The molecule has 8 nitrogen and oxygen atoms in total. The van der Waals surface area contributed by atoms with Crippen LogP contribution in [0.5, 0.6) is 11.5 Å². The fraction of sp³-hybridized carbons (Fsp3) is 0.105. The first-order valence-electron chi connectivity index (χ1n) is 8.19. The van der Waals surface area contributed by atoms with Gasteiger partial charge in [0.05, 0.1) is 11.4 Å². The summed E-state index contributed by atoms with van der Waals surface area (Å²) in [5, 5.41) is 15.8. The van der Waals surface area contributed by atoms with E-state index in [2.05, 4.69) is 10.4 Å². The minimum atomic E-state index is -1.12. The molecular weight excluding hydrogens is 350 g/mol. The molecule has 136 valence electrons. The van der Waals surface area contributed by atoms with Gasteiger partial charge in [0.15, 0.2) is 17.2 Å². The summed E-state index contributed by atoms with van der Waals surface area (Å²) in [6.07, 6.45) is 0.713. The SMILES string of the molecule is O=C(O)c1ccn(-c2ccccc2NC(=O)[C@H]2COc3ccccc3O2)n1. The number of ether oxygens (including phenoxy) is 2. The molecule has 0 radical (unpaired) electrons. The lowest BCUT2D eigenvalue weighted by Gasteiger charge is -2.25. The zero-order valence-corrected chi connectivity index (χ0v) is 14.0. The molecule has 0 unspecified atom stereocenters. The lowest BCUT2D eigenvalue weighted by Crippen LogP contribution is -2.40. The number of carboxylic acid groups (broad SMARTS) is 1. The van der Waals surface area contributed by atoms with Crippen molar-refractivity contribution in [3.05, 3.63) is 66.5 Å². The first kappa shape index (κ1) is 16.6. The third-order valence-electron chi connectivity index (χ3n) is 4.02. The molecule has 2 aromatic carbocycles. The van der Waals surface area contributed by atoms with Gasteiger partial charge in [0.2, 0.25) is 6.10 Å². The first-order chi connectivity index (χ1) is 13.1. The van der Waals surface area contributed by atoms with Crippen LogP contribution in [0.1, 0.15) is 10.5 Å². The zero-order valence-electron chi connectivity index (χ0n) is 14.0. The number of carbonyl (C=O) groups excluding carboxylic acids is 1. The number of anilines is 1. The minimum Gasteiger partial charge on any atom is -0.485 e. The standard InChI is InChI=1S/C19H15N3O5/c23-18(17-11-26-15-7-3-4-8-16(15)27-17)20-12-5-1-2-6-14(12)22-10-9-13(21-22)19(24)25/h1-10,17H,11H2,(H,20,23)(H,24,25)/t17-/m1/s1. The molecule has 1 atom stereocenters. The predicted molar refractivity (Wildman–Crippen MR) is 95.5 cm³/mol. The molecule has 27 heavy (non-hydrogen) atoms. The average molecular weight is 365 g/mol. The summed E-state index contributed by atoms with van der Waals surface area (Å²) < 4.78 is 12.7. The molecule has 1 aliphatic rings. The van der Waals surface area contributed by atoms with Crippen LogP contribution in [-0.4, -0.2) is 39.5 Å². The third kappa shape index (κ3) is 3.32. The number of aromatic carboxylic acids is 1. The Balaban J connectivity index is 1.55. The molecule has 0 bridgehead atoms. The first-order valence-corrected chi connectivity index (χ1v) is 8.19. The van der Waals surface area contributed by atoms with Gasteiger partial charge in [-0.3, -0.25) is 4.79 Å². The lowest BCUT2D eigenvalue weighted by molar-refractivity contribution is -0.125. The Labute approximate surface area is 154 Å². The summed E-state index contributed by atoms with van der Waals surface area (Å²) in [6, 6.07) is 15.5. The van der Waals surface area contributed by atoms with Gasteiger partial charge in [0.25, 0.3) is 5.91 Å². The molecule has 1 amide bonds. The van der Waals surface area contributed by atoms with Crippen LogP contribution in [0.4, 0.5) is 5.69 Å². The number of nitrogens with one attached hydrogen (secondary N) is 1. The van der Waals surface area contributed by atoms with Crippen LogP contribution in [-0.2, 0) is 4.79 Å². The summed E-state index contributed by atoms with van der Waals surface area (Å²) in [5.74, 6) is -0.390. The van der Waals surface area contributed by atoms with Crippen molar-refractivity contribution in [2.24, 2.45) is 0 Å². The number of fused-ring (bicyclic) bond motifs is 1. The number of nitrogens with zero attached hydrogens (tertiary/aromatic N) is 2. The van der Waals surface area contributed by atoms with Gasteiger partial charge >= 0.3 is 5.97 Å². The molecule has 0 spiro atoms. The molecule has 0 saturated carbocycles. The number of hydrogen-bond donors (Lipinski definition) is 2. The number of carbonyl (C=O) groups is 2. The van der Waals surface area contributed by atoms with Crippen molar-refractivity contribution in [3.63, 3.8) is 0 Å². The van der Waals surface area contributed by atoms with E-state index in [-0.39, 0.29) is 18.2 Å². The zero-order chi connectivity index (χ0) is 18.8. The smallest absolute Gasteiger partial charge is 0.356 e. The monoisotopic (exact) mass is 365 g/mol. The second kappa shape index (κ2) is 6.83. The van der Waals surface area contributed by atoms with Gasteiger partial charge in [-0.05, 0) is 30.3 Å². The Morgan fingerprint density at radius 1 is 1.07 bits per heavy atom. The van der Waals surface area contributed by atoms with Crippen LogP contribution in [0, 0.1) is 0 Å². The molecule has 2 N–H and O–H groups in total. The highest BCUT2D eigenvalue weighted by atomic mass is 16.6. The van der Waals surface area contributed by atoms with E-state index >= 15 is 0 Å². The number of amides is 1. The summed E-state index contributed by atoms with van der Waals surface area (Å²) in [5.41, 5.74) is 0.928. The number of aromatic nitrogens is 2. The second-order valence-corrected chi connectivity index (χ2v) is 5.82. The van der Waals surface area contributed by atoms with E-state index in [0.29, 0.717) is 22.9 Å². The Hall–Kier alpha value is -3.81. The van der Waals surface area contributed by atoms with Crippen LogP contribution in [0.25, 0.3) is 5.69 Å². The summed E-state index contributed by atoms with van der Waals surface area (Å²) >= 11 is 0. The Morgan fingerprint density at radius 2 is 1.81 bits per heavy atom. The highest BCUT2D eigenvalue weighted by Gasteiger charge is 2.28. The molecule has 8 heteroatoms. The van der Waals surface area contributed by atoms with Crippen molar-refractivity contribution in [1.82, 2.24) is 9.78 Å². The highest BCUT2D eigenvalue weighted by Crippen LogP contribution is 2.31. The Morgan fingerprint density at radius 3 is 2.59 bits per heavy atom. The fourth-order valence-electron chi connectivity index (χ4n) is 2.71. The molecule has 1 aliphatic heterocycles. The van der Waals surface area contributed by atoms with E-state index in [0.717, 1.165) is 0 Å². The highest BCUT2D eigenvalue weighted by molar-refractivity contribution is 5.96. The van der Waals surface area contributed by atoms with Gasteiger partial charge in [-0.2, -0.15) is 5.10 Å². The van der Waals surface area contributed by atoms with Crippen molar-refractivity contribution in [3.8, 4) is 17.2 Å². The summed E-state index contributed by atoms with van der Waals surface area (Å²) in [6.45, 7) is 0.0932. The summed E-state index contributed by atoms with van der Waals surface area (Å²) in [4.78, 5) is 23.7. The lowest BCUT2D eigenvalue weighted by atomic mass is 10.2. The van der Waals surface area contributed by atoms with E-state index in [1.54, 1.807) is 42.5 Å². The van der Waals surface area contributed by atoms with Gasteiger partial charge in [0, 0.05) is 6.20 Å². The summed E-state index contributed by atoms with van der Waals surface area (Å²) in [7, 11) is 0. The van der Waals surface area contributed by atoms with E-state index in [1.807, 2.05) is 6.07 Å². The molecule has 4 rings (SSSR count). The molecule has 0 fully saturated rings. The van der Waals surface area contributed by atoms with E-state index in [4.69, 9.17) is 14.6 Å². The van der Waals surface area contributed by atoms with Crippen molar-refractivity contribution in [2.75, 3.05) is 11.9 Å². The molecular formula is C19H15N3O5. The van der Waals surface area contributed by atoms with Crippen molar-refractivity contribution >= 4 is 17.6 Å². The van der Waals surface area contributed by atoms with Crippen LogP contribution in [0.2, 0.25) is 0 Å². The van der Waals surface area contributed by atoms with Crippen LogP contribution < -0.4 is 14.8 Å². The Bertz CT molecular complexity index is 1010. The van der Waals surface area contributed by atoms with Crippen molar-refractivity contribution < 1.29 is 24.2 Å². The average Bonchev–Trinajstić information content (AvgIpc) is 3.18. The number of para-hydroxylation sites is 4. The molecule has 2 heterocycles. The van der Waals surface area contributed by atoms with Crippen LogP contribution >= 0.6 is 0 Å². The maximum absolute atomic E-state index is 12.6. The van der Waals surface area contributed by atoms with Gasteiger partial charge < -0.3 is 19.9 Å². The number of carboxylic acids is 1. The van der Waals surface area contributed by atoms with E-state index < -0.39 is 12.1 Å². The van der Waals surface area contributed by atoms with Crippen molar-refractivity contribution in [2.45, 2.75) is 6.10 Å². The van der Waals surface area contributed by atoms with E-state index in [9.17, 15) is 9.59 Å². The van der Waals surface area contributed by atoms with Crippen LogP contribution in [0.15, 0.2) is 60.8 Å². The van der Waals surface area contributed by atoms with Gasteiger partial charge in [-0.1, -0.05) is 24.3 Å². The second-order valence-electron chi connectivity index (χ2n) is 5.82. The fourth-order valence-corrected chi connectivity index (χ4v) is 2.71. The van der Waals surface area contributed by atoms with Gasteiger partial charge in [-0.15, -0.1) is 0 Å². The predicted octanol–water partition coefficient (Wildman–Crippen LogP) is 2.35. The normalized spacial score (nSPS) is 15.2. The number of hydrogen-bond acceptors (Lipinski definition) is 5. The van der Waals surface area contributed by atoms with E-state index in [1.165, 1.54) is 16.9 Å². The topological polar surface area (TPSA) is 103 Å². The third-order valence-corrected chi connectivity index (χ3v) is 4.02. The number of rotatable bonds is 4. The molecule has 0 aliphatic carbocycles. The molecule has 0 saturated heterocycles. The Kier molecular flexibility index (Phi) is 4.21. The minimum absolute atomic E-state index is 0.0863. The van der Waals surface area contributed by atoms with Gasteiger partial charge in [-0.25, -0.2) is 9.48 Å². The molecule has 3 aromatic rings. The molecule has 1 aromatic heterocycles. The number of benzene rings is 2. The maximum Gasteiger partial charge on any atom is 0.356 e. The maximum atomic E-state index is 12.6. The van der Waals surface area contributed by atoms with Gasteiger partial charge in [0.1, 0.15) is 6.61 Å². The van der Waals surface area contributed by atoms with Crippen LogP contribution in [0.3, 0.4) is 0 Å². The quantitative estimate of drug-likeness (QED) is 0.736. The largest absolute Gasteiger partial charge is 0.485 e. The van der Waals surface area contributed by atoms with Crippen molar-refractivity contribution in [1.29, 1.82) is 0 Å².